The number of aromatic nitrogens is 1. The van der Waals surface area contributed by atoms with Crippen LogP contribution in [0.3, 0.4) is 0 Å². The smallest absolute Gasteiger partial charge is 0.322 e. The van der Waals surface area contributed by atoms with Gasteiger partial charge in [0.15, 0.2) is 0 Å². The van der Waals surface area contributed by atoms with Crippen molar-refractivity contribution >= 4 is 11.9 Å². The first-order chi connectivity index (χ1) is 7.13. The summed E-state index contributed by atoms with van der Waals surface area (Å²) >= 11 is 0. The second kappa shape index (κ2) is 5.09. The van der Waals surface area contributed by atoms with E-state index in [1.807, 2.05) is 6.92 Å². The molecule has 0 atom stereocenters. The largest absolute Gasteiger partial charge is 0.480 e. The predicted octanol–water partition coefficient (Wildman–Crippen LogP) is 0.458. The minimum atomic E-state index is -1.07. The lowest BCUT2D eigenvalue weighted by molar-refractivity contribution is -0.135. The zero-order valence-electron chi connectivity index (χ0n) is 8.36. The molecule has 5 heteroatoms. The van der Waals surface area contributed by atoms with Crippen LogP contribution in [0.25, 0.3) is 0 Å². The molecule has 0 aliphatic carbocycles. The van der Waals surface area contributed by atoms with E-state index in [-0.39, 0.29) is 6.54 Å². The fourth-order valence-corrected chi connectivity index (χ4v) is 1.03. The number of nitrogens with zero attached hydrogens (tertiary/aromatic N) is 1. The van der Waals surface area contributed by atoms with Crippen LogP contribution < -0.4 is 5.32 Å². The number of amides is 1. The first-order valence-corrected chi connectivity index (χ1v) is 4.58. The molecule has 0 bridgehead atoms. The van der Waals surface area contributed by atoms with E-state index in [9.17, 15) is 9.59 Å². The first-order valence-electron chi connectivity index (χ1n) is 4.58. The van der Waals surface area contributed by atoms with E-state index in [0.29, 0.717) is 5.56 Å². The number of carboxylic acids is 1. The predicted molar refractivity (Wildman–Crippen MR) is 53.6 cm³/mol. The van der Waals surface area contributed by atoms with Gasteiger partial charge in [0.2, 0.25) is 0 Å². The number of carbonyl (C=O) groups is 2. The highest BCUT2D eigenvalue weighted by atomic mass is 16.4. The summed E-state index contributed by atoms with van der Waals surface area (Å²) in [5.41, 5.74) is 1.26. The van der Waals surface area contributed by atoms with E-state index in [0.717, 1.165) is 12.1 Å². The average Bonchev–Trinajstić information content (AvgIpc) is 2.26. The molecule has 1 aromatic heterocycles. The highest BCUT2D eigenvalue weighted by Crippen LogP contribution is 2.00. The van der Waals surface area contributed by atoms with Gasteiger partial charge in [0.05, 0.1) is 5.56 Å². The van der Waals surface area contributed by atoms with Crippen LogP contribution in [0.1, 0.15) is 23.0 Å². The molecule has 0 saturated heterocycles. The van der Waals surface area contributed by atoms with Gasteiger partial charge in [-0.1, -0.05) is 6.92 Å². The van der Waals surface area contributed by atoms with Gasteiger partial charge in [-0.3, -0.25) is 14.6 Å². The zero-order chi connectivity index (χ0) is 11.3. The number of carboxylic acid groups (broad SMARTS) is 1. The summed E-state index contributed by atoms with van der Waals surface area (Å²) < 4.78 is 0. The molecule has 2 N–H and O–H groups in total. The quantitative estimate of drug-likeness (QED) is 0.753. The van der Waals surface area contributed by atoms with Crippen LogP contribution in [0.2, 0.25) is 0 Å². The van der Waals surface area contributed by atoms with Crippen LogP contribution in [0.15, 0.2) is 18.3 Å². The van der Waals surface area contributed by atoms with Crippen molar-refractivity contribution in [2.24, 2.45) is 0 Å². The second-order valence-electron chi connectivity index (χ2n) is 2.97. The van der Waals surface area contributed by atoms with Crippen molar-refractivity contribution in [3.63, 3.8) is 0 Å². The molecule has 80 valence electrons. The van der Waals surface area contributed by atoms with E-state index < -0.39 is 11.9 Å². The fourth-order valence-electron chi connectivity index (χ4n) is 1.03. The molecule has 0 radical (unpaired) electrons. The van der Waals surface area contributed by atoms with Gasteiger partial charge in [-0.25, -0.2) is 0 Å². The lowest BCUT2D eigenvalue weighted by Gasteiger charge is -2.02. The Bertz CT molecular complexity index is 359. The normalized spacial score (nSPS) is 9.67. The molecule has 0 saturated carbocycles. The van der Waals surface area contributed by atoms with Crippen molar-refractivity contribution in [3.8, 4) is 0 Å². The maximum absolute atomic E-state index is 11.3. The lowest BCUT2D eigenvalue weighted by atomic mass is 10.2. The third-order valence-electron chi connectivity index (χ3n) is 1.85. The van der Waals surface area contributed by atoms with E-state index in [2.05, 4.69) is 10.3 Å². The van der Waals surface area contributed by atoms with Gasteiger partial charge >= 0.3 is 5.97 Å². The van der Waals surface area contributed by atoms with Crippen molar-refractivity contribution < 1.29 is 14.7 Å². The molecular formula is C10H12N2O3. The van der Waals surface area contributed by atoms with Crippen LogP contribution in [-0.2, 0) is 11.2 Å². The van der Waals surface area contributed by atoms with Crippen LogP contribution in [0.5, 0.6) is 0 Å². The Morgan fingerprint density at radius 1 is 1.47 bits per heavy atom. The molecular weight excluding hydrogens is 196 g/mol. The van der Waals surface area contributed by atoms with Crippen molar-refractivity contribution in [2.75, 3.05) is 6.54 Å². The van der Waals surface area contributed by atoms with Crippen LogP contribution in [-0.4, -0.2) is 28.5 Å². The van der Waals surface area contributed by atoms with E-state index >= 15 is 0 Å². The summed E-state index contributed by atoms with van der Waals surface area (Å²) in [6, 6.07) is 3.37. The average molecular weight is 208 g/mol. The Morgan fingerprint density at radius 3 is 2.67 bits per heavy atom. The standard InChI is InChI=1S/C10H12N2O3/c1-2-8-4-3-7(5-11-8)10(15)12-6-9(13)14/h3-5H,2,6H2,1H3,(H,12,15)(H,13,14). The molecule has 5 nitrogen and oxygen atoms in total. The Hall–Kier alpha value is -1.91. The highest BCUT2D eigenvalue weighted by Gasteiger charge is 2.06. The third-order valence-corrected chi connectivity index (χ3v) is 1.85. The molecule has 0 unspecified atom stereocenters. The Balaban J connectivity index is 2.62. The van der Waals surface area contributed by atoms with Gasteiger partial charge < -0.3 is 10.4 Å². The van der Waals surface area contributed by atoms with E-state index in [1.54, 1.807) is 12.1 Å². The summed E-state index contributed by atoms with van der Waals surface area (Å²) in [5, 5.41) is 10.6. The van der Waals surface area contributed by atoms with Crippen molar-refractivity contribution in [2.45, 2.75) is 13.3 Å². The topological polar surface area (TPSA) is 79.3 Å². The number of hydrogen-bond acceptors (Lipinski definition) is 3. The number of hydrogen-bond donors (Lipinski definition) is 2. The summed E-state index contributed by atoms with van der Waals surface area (Å²) in [6.07, 6.45) is 2.24. The Labute approximate surface area is 87.1 Å². The van der Waals surface area contributed by atoms with Crippen molar-refractivity contribution in [3.05, 3.63) is 29.6 Å². The third kappa shape index (κ3) is 3.38. The van der Waals surface area contributed by atoms with Gasteiger partial charge in [-0.05, 0) is 18.6 Å². The summed E-state index contributed by atoms with van der Waals surface area (Å²) in [4.78, 5) is 25.6. The molecule has 1 rings (SSSR count). The minimum absolute atomic E-state index is 0.369. The SMILES string of the molecule is CCc1ccc(C(=O)NCC(=O)O)cn1. The maximum Gasteiger partial charge on any atom is 0.322 e. The second-order valence-corrected chi connectivity index (χ2v) is 2.97. The van der Waals surface area contributed by atoms with Crippen molar-refractivity contribution in [1.29, 1.82) is 0 Å². The van der Waals surface area contributed by atoms with Crippen molar-refractivity contribution in [1.82, 2.24) is 10.3 Å². The number of aliphatic carboxylic acids is 1. The Morgan fingerprint density at radius 2 is 2.20 bits per heavy atom. The van der Waals surface area contributed by atoms with Crippen LogP contribution in [0.4, 0.5) is 0 Å². The van der Waals surface area contributed by atoms with Crippen LogP contribution in [0, 0.1) is 0 Å². The monoisotopic (exact) mass is 208 g/mol. The van der Waals surface area contributed by atoms with E-state index in [1.165, 1.54) is 6.20 Å². The molecule has 1 aromatic rings. The molecule has 1 amide bonds. The molecule has 0 aromatic carbocycles. The molecule has 1 heterocycles. The summed E-state index contributed by atoms with van der Waals surface area (Å²) in [6.45, 7) is 1.58. The molecule has 15 heavy (non-hydrogen) atoms. The van der Waals surface area contributed by atoms with Gasteiger partial charge in [-0.15, -0.1) is 0 Å². The summed E-state index contributed by atoms with van der Waals surface area (Å²) in [5.74, 6) is -1.49. The molecule has 0 aliphatic rings. The minimum Gasteiger partial charge on any atom is -0.480 e. The molecule has 0 fully saturated rings. The molecule has 0 aliphatic heterocycles. The van der Waals surface area contributed by atoms with Gasteiger partial charge in [-0.2, -0.15) is 0 Å². The highest BCUT2D eigenvalue weighted by molar-refractivity contribution is 5.95. The number of carbonyl (C=O) groups excluding carboxylic acids is 1. The zero-order valence-corrected chi connectivity index (χ0v) is 8.36. The Kier molecular flexibility index (Phi) is 3.79. The number of pyridine rings is 1. The van der Waals surface area contributed by atoms with Gasteiger partial charge in [0, 0.05) is 11.9 Å². The van der Waals surface area contributed by atoms with Gasteiger partial charge in [0.1, 0.15) is 6.54 Å². The number of nitrogens with one attached hydrogen (secondary N) is 1. The van der Waals surface area contributed by atoms with E-state index in [4.69, 9.17) is 5.11 Å². The maximum atomic E-state index is 11.3. The number of aryl methyl sites for hydroxylation is 1. The lowest BCUT2D eigenvalue weighted by Crippen LogP contribution is -2.29. The number of rotatable bonds is 4. The molecule has 0 spiro atoms. The first kappa shape index (κ1) is 11.2. The van der Waals surface area contributed by atoms with Crippen LogP contribution >= 0.6 is 0 Å². The summed E-state index contributed by atoms with van der Waals surface area (Å²) in [7, 11) is 0. The van der Waals surface area contributed by atoms with Gasteiger partial charge in [0.25, 0.3) is 5.91 Å². The fraction of sp³-hybridized carbons (Fsp3) is 0.300.